The normalized spacial score (nSPS) is 20.5. The Morgan fingerprint density at radius 2 is 1.77 bits per heavy atom. The molecule has 0 saturated carbocycles. The van der Waals surface area contributed by atoms with Gasteiger partial charge in [-0.25, -0.2) is 4.79 Å². The zero-order chi connectivity index (χ0) is 22.8. The van der Waals surface area contributed by atoms with Crippen molar-refractivity contribution in [3.05, 3.63) is 32.9 Å². The summed E-state index contributed by atoms with van der Waals surface area (Å²) in [5.74, 6) is -1.94. The molecule has 10 heteroatoms. The lowest BCUT2D eigenvalue weighted by Crippen LogP contribution is -2.34. The highest BCUT2D eigenvalue weighted by atomic mass is 19.1. The lowest BCUT2D eigenvalue weighted by molar-refractivity contribution is -0.158. The van der Waals surface area contributed by atoms with Crippen molar-refractivity contribution in [1.29, 1.82) is 0 Å². The fourth-order valence-corrected chi connectivity index (χ4v) is 3.33. The number of aromatic amines is 1. The fourth-order valence-electron chi connectivity index (χ4n) is 3.33. The van der Waals surface area contributed by atoms with E-state index < -0.39 is 41.5 Å². The molecule has 1 aliphatic heterocycles. The molecule has 31 heavy (non-hydrogen) atoms. The molecular weight excluding hydrogens is 411 g/mol. The van der Waals surface area contributed by atoms with Crippen molar-refractivity contribution < 1.29 is 28.2 Å². The molecule has 1 N–H and O–H groups in total. The van der Waals surface area contributed by atoms with E-state index in [1.54, 1.807) is 0 Å². The van der Waals surface area contributed by atoms with Crippen molar-refractivity contribution in [1.82, 2.24) is 9.55 Å². The van der Waals surface area contributed by atoms with Crippen LogP contribution in [0.25, 0.3) is 0 Å². The third kappa shape index (κ3) is 7.61. The van der Waals surface area contributed by atoms with Gasteiger partial charge in [-0.15, -0.1) is 0 Å². The second-order valence-corrected chi connectivity index (χ2v) is 7.63. The number of nitrogens with one attached hydrogen (secondary N) is 1. The van der Waals surface area contributed by atoms with Crippen molar-refractivity contribution in [3.63, 3.8) is 0 Å². The number of hydrogen-bond acceptors (Lipinski definition) is 7. The molecule has 1 aromatic heterocycles. The Kier molecular flexibility index (Phi) is 9.90. The molecule has 1 aliphatic rings. The number of halogens is 1. The SMILES string of the molecule is CCCCCC(=O)OCC1OC(n2cc(F)c(=O)[nH]c2=O)CC1OC(=O)CCCCC. The monoisotopic (exact) mass is 442 g/mol. The molecule has 2 rings (SSSR count). The summed E-state index contributed by atoms with van der Waals surface area (Å²) in [5.41, 5.74) is -1.97. The third-order valence-electron chi connectivity index (χ3n) is 5.08. The number of H-pyrrole nitrogens is 1. The van der Waals surface area contributed by atoms with Gasteiger partial charge in [0.15, 0.2) is 0 Å². The third-order valence-corrected chi connectivity index (χ3v) is 5.08. The average Bonchev–Trinajstić information content (AvgIpc) is 3.11. The molecule has 3 atom stereocenters. The van der Waals surface area contributed by atoms with E-state index in [9.17, 15) is 23.6 Å². The quantitative estimate of drug-likeness (QED) is 0.391. The number of carbonyl (C=O) groups is 2. The van der Waals surface area contributed by atoms with Gasteiger partial charge in [0.1, 0.15) is 25.0 Å². The number of unbranched alkanes of at least 4 members (excludes halogenated alkanes) is 4. The summed E-state index contributed by atoms with van der Waals surface area (Å²) >= 11 is 0. The summed E-state index contributed by atoms with van der Waals surface area (Å²) in [7, 11) is 0. The van der Waals surface area contributed by atoms with E-state index in [0.717, 1.165) is 36.4 Å². The first-order valence-electron chi connectivity index (χ1n) is 10.9. The molecule has 1 fully saturated rings. The lowest BCUT2D eigenvalue weighted by Gasteiger charge is -2.19. The van der Waals surface area contributed by atoms with Gasteiger partial charge in [-0.2, -0.15) is 4.39 Å². The van der Waals surface area contributed by atoms with Crippen LogP contribution in [0.15, 0.2) is 15.8 Å². The predicted molar refractivity (Wildman–Crippen MR) is 109 cm³/mol. The molecule has 0 spiro atoms. The molecule has 0 aliphatic carbocycles. The highest BCUT2D eigenvalue weighted by Crippen LogP contribution is 2.30. The van der Waals surface area contributed by atoms with Crippen molar-refractivity contribution >= 4 is 11.9 Å². The Bertz CT molecular complexity index is 851. The van der Waals surface area contributed by atoms with Crippen LogP contribution < -0.4 is 11.2 Å². The highest BCUT2D eigenvalue weighted by Gasteiger charge is 2.40. The minimum atomic E-state index is -1.14. The molecular formula is C21H31FN2O7. The molecule has 0 aromatic carbocycles. The number of esters is 2. The largest absolute Gasteiger partial charge is 0.463 e. The minimum Gasteiger partial charge on any atom is -0.463 e. The highest BCUT2D eigenvalue weighted by molar-refractivity contribution is 5.70. The Labute approximate surface area is 179 Å². The van der Waals surface area contributed by atoms with Gasteiger partial charge in [0.05, 0.1) is 6.20 Å². The molecule has 174 valence electrons. The Hall–Kier alpha value is -2.49. The summed E-state index contributed by atoms with van der Waals surface area (Å²) in [6, 6.07) is 0. The predicted octanol–water partition coefficient (Wildman–Crippen LogP) is 2.58. The minimum absolute atomic E-state index is 0.0585. The van der Waals surface area contributed by atoms with Gasteiger partial charge < -0.3 is 14.2 Å². The number of rotatable bonds is 12. The van der Waals surface area contributed by atoms with E-state index in [2.05, 4.69) is 0 Å². The van der Waals surface area contributed by atoms with Crippen LogP contribution in [0.1, 0.15) is 77.9 Å². The van der Waals surface area contributed by atoms with Gasteiger partial charge in [-0.05, 0) is 12.8 Å². The Morgan fingerprint density at radius 3 is 2.42 bits per heavy atom. The first kappa shape index (κ1) is 24.8. The van der Waals surface area contributed by atoms with Gasteiger partial charge in [-0.3, -0.25) is 23.9 Å². The van der Waals surface area contributed by atoms with Crippen LogP contribution in [0.2, 0.25) is 0 Å². The van der Waals surface area contributed by atoms with Crippen molar-refractivity contribution in [2.75, 3.05) is 6.61 Å². The van der Waals surface area contributed by atoms with Gasteiger partial charge in [0, 0.05) is 19.3 Å². The van der Waals surface area contributed by atoms with Gasteiger partial charge in [0.25, 0.3) is 5.56 Å². The topological polar surface area (TPSA) is 117 Å². The fraction of sp³-hybridized carbons (Fsp3) is 0.714. The maximum atomic E-state index is 13.7. The van der Waals surface area contributed by atoms with Gasteiger partial charge in [0.2, 0.25) is 5.82 Å². The summed E-state index contributed by atoms with van der Waals surface area (Å²) in [4.78, 5) is 49.3. The van der Waals surface area contributed by atoms with Crippen LogP contribution in [0.4, 0.5) is 4.39 Å². The van der Waals surface area contributed by atoms with Crippen LogP contribution in [0.3, 0.4) is 0 Å². The van der Waals surface area contributed by atoms with Crippen LogP contribution in [0.5, 0.6) is 0 Å². The smallest absolute Gasteiger partial charge is 0.330 e. The van der Waals surface area contributed by atoms with Gasteiger partial charge in [-0.1, -0.05) is 39.5 Å². The second kappa shape index (κ2) is 12.4. The summed E-state index contributed by atoms with van der Waals surface area (Å²) < 4.78 is 31.1. The number of carbonyl (C=O) groups excluding carboxylic acids is 2. The molecule has 1 aromatic rings. The second-order valence-electron chi connectivity index (χ2n) is 7.63. The van der Waals surface area contributed by atoms with E-state index in [4.69, 9.17) is 14.2 Å². The van der Waals surface area contributed by atoms with E-state index in [1.165, 1.54) is 0 Å². The maximum absolute atomic E-state index is 13.7. The van der Waals surface area contributed by atoms with Crippen LogP contribution in [-0.4, -0.2) is 40.3 Å². The standard InChI is InChI=1S/C21H31FN2O7/c1-3-5-7-9-18(25)29-13-16-15(31-19(26)10-8-6-4-2)11-17(30-16)24-12-14(22)20(27)23-21(24)28/h12,15-17H,3-11,13H2,1-2H3,(H,23,27,28). The molecule has 3 unspecified atom stereocenters. The van der Waals surface area contributed by atoms with Crippen LogP contribution >= 0.6 is 0 Å². The van der Waals surface area contributed by atoms with Crippen molar-refractivity contribution in [3.8, 4) is 0 Å². The molecule has 0 radical (unpaired) electrons. The summed E-state index contributed by atoms with van der Waals surface area (Å²) in [6.45, 7) is 3.89. The van der Waals surface area contributed by atoms with Crippen molar-refractivity contribution in [2.45, 2.75) is 90.1 Å². The van der Waals surface area contributed by atoms with Crippen LogP contribution in [-0.2, 0) is 23.8 Å². The lowest BCUT2D eigenvalue weighted by atomic mass is 10.1. The molecule has 2 heterocycles. The molecule has 0 amide bonds. The van der Waals surface area contributed by atoms with Gasteiger partial charge >= 0.3 is 17.6 Å². The number of ether oxygens (including phenoxy) is 3. The molecule has 9 nitrogen and oxygen atoms in total. The number of nitrogens with zero attached hydrogens (tertiary/aromatic N) is 1. The first-order valence-corrected chi connectivity index (χ1v) is 10.9. The molecule has 1 saturated heterocycles. The maximum Gasteiger partial charge on any atom is 0.330 e. The van der Waals surface area contributed by atoms with E-state index >= 15 is 0 Å². The Balaban J connectivity index is 2.06. The first-order chi connectivity index (χ1) is 14.8. The molecule has 0 bridgehead atoms. The number of hydrogen-bond donors (Lipinski definition) is 1. The summed E-state index contributed by atoms with van der Waals surface area (Å²) in [5, 5.41) is 0. The van der Waals surface area contributed by atoms with E-state index in [-0.39, 0.29) is 31.8 Å². The number of aromatic nitrogens is 2. The van der Waals surface area contributed by atoms with E-state index in [1.807, 2.05) is 18.8 Å². The van der Waals surface area contributed by atoms with Crippen LogP contribution in [0, 0.1) is 5.82 Å². The van der Waals surface area contributed by atoms with E-state index in [0.29, 0.717) is 12.8 Å². The van der Waals surface area contributed by atoms with Crippen molar-refractivity contribution in [2.24, 2.45) is 0 Å². The average molecular weight is 442 g/mol. The Morgan fingerprint density at radius 1 is 1.13 bits per heavy atom. The zero-order valence-corrected chi connectivity index (χ0v) is 18.1. The summed E-state index contributed by atoms with van der Waals surface area (Å²) in [6.07, 6.45) is 3.91. The zero-order valence-electron chi connectivity index (χ0n) is 18.1.